The van der Waals surface area contributed by atoms with E-state index in [2.05, 4.69) is 0 Å². The Morgan fingerprint density at radius 1 is 1.75 bits per heavy atom. The summed E-state index contributed by atoms with van der Waals surface area (Å²) in [6.45, 7) is 2.56. The fourth-order valence-corrected chi connectivity index (χ4v) is 1.13. The first-order chi connectivity index (χ1) is 5.75. The van der Waals surface area contributed by atoms with Crippen LogP contribution in [-0.2, 0) is 19.1 Å². The molecule has 1 aliphatic rings. The van der Waals surface area contributed by atoms with Gasteiger partial charge in [0.05, 0.1) is 6.61 Å². The summed E-state index contributed by atoms with van der Waals surface area (Å²) in [5.41, 5.74) is 0. The van der Waals surface area contributed by atoms with Crippen LogP contribution >= 0.6 is 0 Å². The van der Waals surface area contributed by atoms with Gasteiger partial charge in [0, 0.05) is 6.61 Å². The molecule has 0 N–H and O–H groups in total. The molecule has 4 heteroatoms. The van der Waals surface area contributed by atoms with Crippen LogP contribution < -0.4 is 0 Å². The third kappa shape index (κ3) is 2.04. The van der Waals surface area contributed by atoms with Crippen molar-refractivity contribution in [2.75, 3.05) is 19.8 Å². The van der Waals surface area contributed by atoms with Gasteiger partial charge in [-0.05, 0) is 13.3 Å². The summed E-state index contributed by atoms with van der Waals surface area (Å²) in [6.07, 6.45) is 0.456. The van der Waals surface area contributed by atoms with Gasteiger partial charge in [0.1, 0.15) is 12.5 Å². The van der Waals surface area contributed by atoms with Crippen LogP contribution in [-0.4, -0.2) is 31.6 Å². The quantitative estimate of drug-likeness (QED) is 0.439. The normalized spacial score (nSPS) is 23.8. The summed E-state index contributed by atoms with van der Waals surface area (Å²) in [4.78, 5) is 22.2. The van der Waals surface area contributed by atoms with Crippen LogP contribution in [0.2, 0.25) is 0 Å². The lowest BCUT2D eigenvalue weighted by Crippen LogP contribution is -2.34. The predicted molar refractivity (Wildman–Crippen MR) is 40.6 cm³/mol. The summed E-state index contributed by atoms with van der Waals surface area (Å²) in [7, 11) is 0. The molecule has 0 saturated carbocycles. The number of hydrogen-bond donors (Lipinski definition) is 0. The largest absolute Gasteiger partial charge is 0.465 e. The summed E-state index contributed by atoms with van der Waals surface area (Å²) >= 11 is 0. The van der Waals surface area contributed by atoms with Crippen molar-refractivity contribution in [3.8, 4) is 0 Å². The zero-order valence-corrected chi connectivity index (χ0v) is 7.04. The number of ether oxygens (including phenoxy) is 2. The molecule has 1 fully saturated rings. The molecule has 0 radical (unpaired) electrons. The number of ketones is 1. The van der Waals surface area contributed by atoms with E-state index in [-0.39, 0.29) is 12.4 Å². The van der Waals surface area contributed by atoms with E-state index in [0.29, 0.717) is 19.6 Å². The van der Waals surface area contributed by atoms with Gasteiger partial charge in [-0.2, -0.15) is 0 Å². The van der Waals surface area contributed by atoms with E-state index in [1.54, 1.807) is 6.92 Å². The molecule has 0 spiro atoms. The molecule has 1 rings (SSSR count). The molecule has 1 saturated heterocycles. The molecule has 68 valence electrons. The molecular formula is C8H12O4. The van der Waals surface area contributed by atoms with Gasteiger partial charge in [-0.1, -0.05) is 0 Å². The van der Waals surface area contributed by atoms with Crippen LogP contribution in [0.5, 0.6) is 0 Å². The highest BCUT2D eigenvalue weighted by Gasteiger charge is 2.30. The Morgan fingerprint density at radius 2 is 2.50 bits per heavy atom. The Hall–Kier alpha value is -0.900. The lowest BCUT2D eigenvalue weighted by molar-refractivity contribution is -0.156. The lowest BCUT2D eigenvalue weighted by atomic mass is 9.99. The fourth-order valence-electron chi connectivity index (χ4n) is 1.13. The number of esters is 1. The molecule has 1 unspecified atom stereocenters. The molecule has 12 heavy (non-hydrogen) atoms. The van der Waals surface area contributed by atoms with Gasteiger partial charge in [-0.25, -0.2) is 0 Å². The lowest BCUT2D eigenvalue weighted by Gasteiger charge is -2.18. The van der Waals surface area contributed by atoms with Crippen LogP contribution in [0.3, 0.4) is 0 Å². The second-order valence-corrected chi connectivity index (χ2v) is 2.61. The van der Waals surface area contributed by atoms with Crippen molar-refractivity contribution in [3.63, 3.8) is 0 Å². The van der Waals surface area contributed by atoms with Crippen LogP contribution in [0.4, 0.5) is 0 Å². The predicted octanol–water partition coefficient (Wildman–Crippen LogP) is 0.155. The van der Waals surface area contributed by atoms with E-state index in [1.807, 2.05) is 0 Å². The van der Waals surface area contributed by atoms with Gasteiger partial charge in [-0.15, -0.1) is 0 Å². The van der Waals surface area contributed by atoms with Crippen molar-refractivity contribution in [1.29, 1.82) is 0 Å². The summed E-state index contributed by atoms with van der Waals surface area (Å²) in [5, 5.41) is 0. The Labute approximate surface area is 70.8 Å². The van der Waals surface area contributed by atoms with E-state index in [0.717, 1.165) is 0 Å². The zero-order chi connectivity index (χ0) is 8.97. The average molecular weight is 172 g/mol. The van der Waals surface area contributed by atoms with Crippen molar-refractivity contribution in [3.05, 3.63) is 0 Å². The van der Waals surface area contributed by atoms with Gasteiger partial charge >= 0.3 is 5.97 Å². The van der Waals surface area contributed by atoms with Crippen LogP contribution in [0.1, 0.15) is 13.3 Å². The highest BCUT2D eigenvalue weighted by Crippen LogP contribution is 2.12. The Morgan fingerprint density at radius 3 is 3.08 bits per heavy atom. The first-order valence-corrected chi connectivity index (χ1v) is 4.02. The first kappa shape index (κ1) is 9.19. The van der Waals surface area contributed by atoms with Gasteiger partial charge in [0.25, 0.3) is 0 Å². The zero-order valence-electron chi connectivity index (χ0n) is 7.04. The standard InChI is InChI=1S/C8H12O4/c1-2-12-8(10)6-3-4-11-5-7(6)9/h6H,2-5H2,1H3. The van der Waals surface area contributed by atoms with Crippen molar-refractivity contribution in [2.45, 2.75) is 13.3 Å². The second-order valence-electron chi connectivity index (χ2n) is 2.61. The maximum Gasteiger partial charge on any atom is 0.316 e. The summed E-state index contributed by atoms with van der Waals surface area (Å²) < 4.78 is 9.62. The molecule has 4 nitrogen and oxygen atoms in total. The number of hydrogen-bond acceptors (Lipinski definition) is 4. The molecule has 0 bridgehead atoms. The third-order valence-corrected chi connectivity index (χ3v) is 1.75. The smallest absolute Gasteiger partial charge is 0.316 e. The minimum Gasteiger partial charge on any atom is -0.465 e. The maximum atomic E-state index is 11.1. The van der Waals surface area contributed by atoms with Crippen LogP contribution in [0.25, 0.3) is 0 Å². The fraction of sp³-hybridized carbons (Fsp3) is 0.750. The minimum absolute atomic E-state index is 0.0451. The second kappa shape index (κ2) is 4.21. The molecular weight excluding hydrogens is 160 g/mol. The highest BCUT2D eigenvalue weighted by atomic mass is 16.5. The summed E-state index contributed by atoms with van der Waals surface area (Å²) in [6, 6.07) is 0. The Balaban J connectivity index is 2.48. The van der Waals surface area contributed by atoms with E-state index >= 15 is 0 Å². The molecule has 0 amide bonds. The molecule has 0 aromatic rings. The van der Waals surface area contributed by atoms with Crippen molar-refractivity contribution in [2.24, 2.45) is 5.92 Å². The number of carbonyl (C=O) groups is 2. The highest BCUT2D eigenvalue weighted by molar-refractivity contribution is 6.00. The first-order valence-electron chi connectivity index (χ1n) is 4.02. The van der Waals surface area contributed by atoms with Crippen molar-refractivity contribution >= 4 is 11.8 Å². The molecule has 0 aromatic carbocycles. The van der Waals surface area contributed by atoms with E-state index in [4.69, 9.17) is 9.47 Å². The van der Waals surface area contributed by atoms with Gasteiger partial charge < -0.3 is 9.47 Å². The number of Topliss-reactive ketones (excluding diaryl/α,β-unsaturated/α-hetero) is 1. The van der Waals surface area contributed by atoms with Crippen molar-refractivity contribution < 1.29 is 19.1 Å². The third-order valence-electron chi connectivity index (χ3n) is 1.75. The molecule has 1 atom stereocenters. The van der Waals surface area contributed by atoms with Gasteiger partial charge in [0.2, 0.25) is 0 Å². The van der Waals surface area contributed by atoms with Gasteiger partial charge in [-0.3, -0.25) is 9.59 Å². The topological polar surface area (TPSA) is 52.6 Å². The van der Waals surface area contributed by atoms with E-state index < -0.39 is 11.9 Å². The molecule has 1 heterocycles. The maximum absolute atomic E-state index is 11.1. The Kier molecular flexibility index (Phi) is 3.22. The SMILES string of the molecule is CCOC(=O)C1CCOCC1=O. The summed E-state index contributed by atoms with van der Waals surface area (Å²) in [5.74, 6) is -1.16. The molecule has 0 aliphatic carbocycles. The van der Waals surface area contributed by atoms with Gasteiger partial charge in [0.15, 0.2) is 5.78 Å². The van der Waals surface area contributed by atoms with E-state index in [1.165, 1.54) is 0 Å². The van der Waals surface area contributed by atoms with Crippen LogP contribution in [0.15, 0.2) is 0 Å². The van der Waals surface area contributed by atoms with E-state index in [9.17, 15) is 9.59 Å². The molecule has 1 aliphatic heterocycles. The number of carbonyl (C=O) groups excluding carboxylic acids is 2. The average Bonchev–Trinajstić information content (AvgIpc) is 2.05. The molecule has 0 aromatic heterocycles. The number of rotatable bonds is 2. The monoisotopic (exact) mass is 172 g/mol. The van der Waals surface area contributed by atoms with Crippen LogP contribution in [0, 0.1) is 5.92 Å². The Bertz CT molecular complexity index is 187. The minimum atomic E-state index is -0.585. The van der Waals surface area contributed by atoms with Crippen molar-refractivity contribution in [1.82, 2.24) is 0 Å².